The normalized spacial score (nSPS) is 18.5. The predicted octanol–water partition coefficient (Wildman–Crippen LogP) is 1.18. The lowest BCUT2D eigenvalue weighted by Crippen LogP contribution is -2.42. The van der Waals surface area contributed by atoms with Gasteiger partial charge >= 0.3 is 0 Å². The van der Waals surface area contributed by atoms with Crippen molar-refractivity contribution in [3.05, 3.63) is 47.9 Å². The molecule has 1 amide bonds. The smallest absolute Gasteiger partial charge is 0.256 e. The number of hydrogen-bond acceptors (Lipinski definition) is 6. The first-order chi connectivity index (χ1) is 12.4. The van der Waals surface area contributed by atoms with Crippen molar-refractivity contribution in [3.8, 4) is 0 Å². The average Bonchev–Trinajstić information content (AvgIpc) is 2.62. The molecular weight excluding hydrogens is 356 g/mol. The maximum Gasteiger partial charge on any atom is 0.256 e. The van der Waals surface area contributed by atoms with Gasteiger partial charge in [-0.05, 0) is 50.1 Å². The fourth-order valence-electron chi connectivity index (χ4n) is 2.78. The fraction of sp³-hybridized carbons (Fsp3) is 0.353. The molecule has 2 heterocycles. The first-order valence-corrected chi connectivity index (χ1v) is 9.69. The predicted molar refractivity (Wildman–Crippen MR) is 95.2 cm³/mol. The van der Waals surface area contributed by atoms with Crippen molar-refractivity contribution in [3.63, 3.8) is 0 Å². The van der Waals surface area contributed by atoms with E-state index in [4.69, 9.17) is 0 Å². The summed E-state index contributed by atoms with van der Waals surface area (Å²) in [6.45, 7) is 2.19. The highest BCUT2D eigenvalue weighted by atomic mass is 32.2. The van der Waals surface area contributed by atoms with Crippen molar-refractivity contribution in [2.45, 2.75) is 30.8 Å². The molecule has 0 unspecified atom stereocenters. The van der Waals surface area contributed by atoms with Gasteiger partial charge in [0.1, 0.15) is 11.6 Å². The number of aliphatic hydroxyl groups excluding tert-OH is 1. The molecule has 138 valence electrons. The third kappa shape index (κ3) is 4.06. The molecule has 0 aliphatic carbocycles. The SMILES string of the molecule is Cc1nccc(NC(=O)c2ccc(S(=O)(=O)N3CCC[C@@H](O)C3)cc2)n1. The summed E-state index contributed by atoms with van der Waals surface area (Å²) in [6, 6.07) is 7.28. The van der Waals surface area contributed by atoms with Gasteiger partial charge in [0.15, 0.2) is 0 Å². The van der Waals surface area contributed by atoms with Gasteiger partial charge in [0.2, 0.25) is 10.0 Å². The van der Waals surface area contributed by atoms with Gasteiger partial charge in [-0.2, -0.15) is 4.31 Å². The number of hydrogen-bond donors (Lipinski definition) is 2. The molecule has 1 saturated heterocycles. The van der Waals surface area contributed by atoms with Crippen LogP contribution < -0.4 is 5.32 Å². The number of rotatable bonds is 4. The topological polar surface area (TPSA) is 112 Å². The Morgan fingerprint density at radius 1 is 1.27 bits per heavy atom. The molecule has 0 bridgehead atoms. The number of aliphatic hydroxyl groups is 1. The van der Waals surface area contributed by atoms with E-state index >= 15 is 0 Å². The lowest BCUT2D eigenvalue weighted by atomic mass is 10.1. The fourth-order valence-corrected chi connectivity index (χ4v) is 4.30. The Labute approximate surface area is 152 Å². The van der Waals surface area contributed by atoms with Crippen LogP contribution in [0.1, 0.15) is 29.0 Å². The summed E-state index contributed by atoms with van der Waals surface area (Å²) in [5, 5.41) is 12.3. The molecule has 0 spiro atoms. The van der Waals surface area contributed by atoms with E-state index in [2.05, 4.69) is 15.3 Å². The number of piperidine rings is 1. The number of anilines is 1. The van der Waals surface area contributed by atoms with Crippen LogP contribution in [0.5, 0.6) is 0 Å². The molecule has 2 N–H and O–H groups in total. The minimum Gasteiger partial charge on any atom is -0.392 e. The minimum atomic E-state index is -3.68. The van der Waals surface area contributed by atoms with E-state index in [0.717, 1.165) is 0 Å². The molecule has 0 saturated carbocycles. The quantitative estimate of drug-likeness (QED) is 0.829. The summed E-state index contributed by atoms with van der Waals surface area (Å²) in [6.07, 6.45) is 2.13. The van der Waals surface area contributed by atoms with Crippen molar-refractivity contribution in [1.29, 1.82) is 0 Å². The van der Waals surface area contributed by atoms with E-state index in [-0.39, 0.29) is 17.3 Å². The molecule has 1 aromatic carbocycles. The van der Waals surface area contributed by atoms with Crippen LogP contribution in [0.4, 0.5) is 5.82 Å². The Morgan fingerprint density at radius 2 is 2.00 bits per heavy atom. The summed E-state index contributed by atoms with van der Waals surface area (Å²) in [4.78, 5) is 20.4. The van der Waals surface area contributed by atoms with Crippen molar-refractivity contribution in [2.75, 3.05) is 18.4 Å². The molecule has 8 nitrogen and oxygen atoms in total. The van der Waals surface area contributed by atoms with Gasteiger partial charge in [0, 0.05) is 24.8 Å². The summed E-state index contributed by atoms with van der Waals surface area (Å²) in [5.41, 5.74) is 0.318. The van der Waals surface area contributed by atoms with Crippen LogP contribution in [0, 0.1) is 6.92 Å². The summed E-state index contributed by atoms with van der Waals surface area (Å²) in [5.74, 6) is 0.523. The first-order valence-electron chi connectivity index (χ1n) is 8.25. The Kier molecular flexibility index (Phi) is 5.30. The molecule has 9 heteroatoms. The van der Waals surface area contributed by atoms with Crippen LogP contribution in [0.25, 0.3) is 0 Å². The van der Waals surface area contributed by atoms with E-state index in [0.29, 0.717) is 36.6 Å². The van der Waals surface area contributed by atoms with Gasteiger partial charge in [0.05, 0.1) is 11.0 Å². The average molecular weight is 376 g/mol. The third-order valence-electron chi connectivity index (χ3n) is 4.13. The van der Waals surface area contributed by atoms with E-state index < -0.39 is 16.1 Å². The molecule has 1 aromatic heterocycles. The van der Waals surface area contributed by atoms with Crippen LogP contribution in [0.3, 0.4) is 0 Å². The van der Waals surface area contributed by atoms with Crippen LogP contribution in [0.2, 0.25) is 0 Å². The number of aromatic nitrogens is 2. The second-order valence-corrected chi connectivity index (χ2v) is 8.06. The van der Waals surface area contributed by atoms with E-state index in [9.17, 15) is 18.3 Å². The molecular formula is C17H20N4O4S. The van der Waals surface area contributed by atoms with Crippen LogP contribution in [-0.4, -0.2) is 52.9 Å². The lowest BCUT2D eigenvalue weighted by Gasteiger charge is -2.29. The Bertz CT molecular complexity index is 899. The molecule has 1 atom stereocenters. The van der Waals surface area contributed by atoms with Gasteiger partial charge in [-0.15, -0.1) is 0 Å². The number of β-amino-alcohol motifs (C(OH)–C–C–N with tert-alkyl or cyclic N) is 1. The number of aryl methyl sites for hydroxylation is 1. The van der Waals surface area contributed by atoms with Gasteiger partial charge in [-0.25, -0.2) is 18.4 Å². The Morgan fingerprint density at radius 3 is 2.65 bits per heavy atom. The number of carbonyl (C=O) groups excluding carboxylic acids is 1. The summed E-state index contributed by atoms with van der Waals surface area (Å²) in [7, 11) is -3.68. The maximum absolute atomic E-state index is 12.6. The molecule has 2 aromatic rings. The Balaban J connectivity index is 1.74. The zero-order valence-electron chi connectivity index (χ0n) is 14.3. The highest BCUT2D eigenvalue weighted by molar-refractivity contribution is 7.89. The standard InChI is InChI=1S/C17H20N4O4S/c1-12-18-9-8-16(19-12)20-17(23)13-4-6-15(7-5-13)26(24,25)21-10-2-3-14(22)11-21/h4-9,14,22H,2-3,10-11H2,1H3,(H,18,19,20,23)/t14-/m1/s1. The Hall–Kier alpha value is -2.36. The number of nitrogens with one attached hydrogen (secondary N) is 1. The zero-order chi connectivity index (χ0) is 18.7. The molecule has 1 fully saturated rings. The van der Waals surface area contributed by atoms with Gasteiger partial charge in [-0.1, -0.05) is 0 Å². The first kappa shape index (κ1) is 18.4. The summed E-state index contributed by atoms with van der Waals surface area (Å²) >= 11 is 0. The highest BCUT2D eigenvalue weighted by Crippen LogP contribution is 2.21. The van der Waals surface area contributed by atoms with Crippen molar-refractivity contribution >= 4 is 21.7 Å². The van der Waals surface area contributed by atoms with Crippen LogP contribution in [-0.2, 0) is 10.0 Å². The molecule has 1 aliphatic heterocycles. The van der Waals surface area contributed by atoms with E-state index in [1.807, 2.05) is 0 Å². The third-order valence-corrected chi connectivity index (χ3v) is 6.01. The van der Waals surface area contributed by atoms with E-state index in [1.165, 1.54) is 28.6 Å². The number of carbonyl (C=O) groups is 1. The molecule has 3 rings (SSSR count). The number of sulfonamides is 1. The largest absolute Gasteiger partial charge is 0.392 e. The van der Waals surface area contributed by atoms with Crippen molar-refractivity contribution < 1.29 is 18.3 Å². The monoisotopic (exact) mass is 376 g/mol. The lowest BCUT2D eigenvalue weighted by molar-refractivity contribution is 0.102. The van der Waals surface area contributed by atoms with Crippen LogP contribution in [0.15, 0.2) is 41.4 Å². The highest BCUT2D eigenvalue weighted by Gasteiger charge is 2.29. The van der Waals surface area contributed by atoms with E-state index in [1.54, 1.807) is 19.2 Å². The van der Waals surface area contributed by atoms with Crippen molar-refractivity contribution in [1.82, 2.24) is 14.3 Å². The van der Waals surface area contributed by atoms with Crippen molar-refractivity contribution in [2.24, 2.45) is 0 Å². The molecule has 1 aliphatic rings. The van der Waals surface area contributed by atoms with Crippen LogP contribution >= 0.6 is 0 Å². The second-order valence-electron chi connectivity index (χ2n) is 6.13. The maximum atomic E-state index is 12.6. The summed E-state index contributed by atoms with van der Waals surface area (Å²) < 4.78 is 26.6. The zero-order valence-corrected chi connectivity index (χ0v) is 15.1. The van der Waals surface area contributed by atoms with Gasteiger partial charge in [-0.3, -0.25) is 4.79 Å². The number of benzene rings is 1. The minimum absolute atomic E-state index is 0.0949. The number of amides is 1. The molecule has 26 heavy (non-hydrogen) atoms. The van der Waals surface area contributed by atoms with Gasteiger partial charge in [0.25, 0.3) is 5.91 Å². The number of nitrogens with zero attached hydrogens (tertiary/aromatic N) is 3. The second kappa shape index (κ2) is 7.48. The van der Waals surface area contributed by atoms with Gasteiger partial charge < -0.3 is 10.4 Å². The molecule has 0 radical (unpaired) electrons.